The third-order valence-corrected chi connectivity index (χ3v) is 3.31. The summed E-state index contributed by atoms with van der Waals surface area (Å²) in [7, 11) is 0. The first-order chi connectivity index (χ1) is 8.47. The minimum Gasteiger partial charge on any atom is -0.313 e. The van der Waals surface area contributed by atoms with Crippen LogP contribution >= 0.6 is 0 Å². The van der Waals surface area contributed by atoms with E-state index in [-0.39, 0.29) is 5.56 Å². The van der Waals surface area contributed by atoms with Crippen LogP contribution in [0.1, 0.15) is 44.0 Å². The van der Waals surface area contributed by atoms with Gasteiger partial charge in [0, 0.05) is 24.3 Å². The van der Waals surface area contributed by atoms with Gasteiger partial charge in [-0.3, -0.25) is 4.79 Å². The Morgan fingerprint density at radius 1 is 1.33 bits per heavy atom. The topological polar surface area (TPSA) is 34.0 Å². The molecule has 0 saturated carbocycles. The molecule has 0 atom stereocenters. The number of aryl methyl sites for hydroxylation is 2. The zero-order chi connectivity index (χ0) is 13.7. The van der Waals surface area contributed by atoms with E-state index in [0.29, 0.717) is 12.5 Å². The Morgan fingerprint density at radius 2 is 2.00 bits per heavy atom. The normalized spacial score (nSPS) is 11.2. The summed E-state index contributed by atoms with van der Waals surface area (Å²) in [4.78, 5) is 12.5. The fourth-order valence-corrected chi connectivity index (χ4v) is 2.10. The van der Waals surface area contributed by atoms with Gasteiger partial charge in [-0.2, -0.15) is 0 Å². The van der Waals surface area contributed by atoms with E-state index in [0.717, 1.165) is 36.3 Å². The van der Waals surface area contributed by atoms with Crippen molar-refractivity contribution in [3.63, 3.8) is 0 Å². The number of aromatic nitrogens is 1. The molecule has 0 fully saturated rings. The summed E-state index contributed by atoms with van der Waals surface area (Å²) in [5, 5.41) is 3.24. The van der Waals surface area contributed by atoms with Crippen molar-refractivity contribution in [3.8, 4) is 0 Å². The number of hydrogen-bond donors (Lipinski definition) is 1. The Hall–Kier alpha value is -1.09. The summed E-state index contributed by atoms with van der Waals surface area (Å²) < 4.78 is 1.92. The van der Waals surface area contributed by atoms with E-state index in [1.54, 1.807) is 0 Å². The van der Waals surface area contributed by atoms with Crippen LogP contribution in [-0.4, -0.2) is 11.1 Å². The summed E-state index contributed by atoms with van der Waals surface area (Å²) >= 11 is 0. The van der Waals surface area contributed by atoms with Crippen molar-refractivity contribution < 1.29 is 0 Å². The van der Waals surface area contributed by atoms with Crippen LogP contribution in [0, 0.1) is 19.8 Å². The summed E-state index contributed by atoms with van der Waals surface area (Å²) in [6.45, 7) is 12.9. The Balaban J connectivity index is 3.06. The minimum atomic E-state index is 0.175. The van der Waals surface area contributed by atoms with Crippen LogP contribution in [0.5, 0.6) is 0 Å². The number of hydrogen-bond acceptors (Lipinski definition) is 2. The molecule has 0 spiro atoms. The second-order valence-corrected chi connectivity index (χ2v) is 5.37. The number of nitrogens with one attached hydrogen (secondary N) is 1. The van der Waals surface area contributed by atoms with Gasteiger partial charge in [0.1, 0.15) is 0 Å². The second-order valence-electron chi connectivity index (χ2n) is 5.37. The molecule has 1 aromatic rings. The van der Waals surface area contributed by atoms with Gasteiger partial charge in [0.05, 0.1) is 0 Å². The summed E-state index contributed by atoms with van der Waals surface area (Å²) in [5.74, 6) is 0.620. The van der Waals surface area contributed by atoms with Crippen molar-refractivity contribution in [1.82, 2.24) is 9.88 Å². The molecule has 18 heavy (non-hydrogen) atoms. The van der Waals surface area contributed by atoms with E-state index in [1.807, 2.05) is 18.4 Å². The minimum absolute atomic E-state index is 0.175. The first kappa shape index (κ1) is 15.0. The fourth-order valence-electron chi connectivity index (χ4n) is 2.10. The molecule has 3 nitrogen and oxygen atoms in total. The van der Waals surface area contributed by atoms with Crippen LogP contribution in [-0.2, 0) is 13.1 Å². The lowest BCUT2D eigenvalue weighted by Gasteiger charge is -2.15. The third-order valence-electron chi connectivity index (χ3n) is 3.31. The zero-order valence-electron chi connectivity index (χ0n) is 12.3. The molecule has 0 aliphatic rings. The molecule has 0 aliphatic heterocycles. The monoisotopic (exact) mass is 250 g/mol. The number of nitrogens with zero attached hydrogens (tertiary/aromatic N) is 1. The predicted octanol–water partition coefficient (Wildman–Crippen LogP) is 2.62. The second kappa shape index (κ2) is 6.74. The summed E-state index contributed by atoms with van der Waals surface area (Å²) in [6.07, 6.45) is 1.05. The molecule has 0 saturated heterocycles. The highest BCUT2D eigenvalue weighted by atomic mass is 16.1. The van der Waals surface area contributed by atoms with Crippen molar-refractivity contribution in [1.29, 1.82) is 0 Å². The highest BCUT2D eigenvalue weighted by Gasteiger charge is 2.10. The maximum Gasteiger partial charge on any atom is 0.255 e. The van der Waals surface area contributed by atoms with Gasteiger partial charge in [-0.25, -0.2) is 0 Å². The van der Waals surface area contributed by atoms with Crippen LogP contribution in [0.3, 0.4) is 0 Å². The standard InChI is InChI=1S/C15H26N2O/c1-6-16-10-14-12(4)9-13(5)17(15(14)18)8-7-11(2)3/h9,11,16H,6-8,10H2,1-5H3. The Labute approximate surface area is 110 Å². The van der Waals surface area contributed by atoms with Crippen molar-refractivity contribution in [2.24, 2.45) is 5.92 Å². The fraction of sp³-hybridized carbons (Fsp3) is 0.667. The molecule has 3 heteroatoms. The molecule has 0 radical (unpaired) electrons. The summed E-state index contributed by atoms with van der Waals surface area (Å²) in [5.41, 5.74) is 3.25. The van der Waals surface area contributed by atoms with Gasteiger partial charge in [-0.15, -0.1) is 0 Å². The lowest BCUT2D eigenvalue weighted by Crippen LogP contribution is -2.30. The van der Waals surface area contributed by atoms with Crippen molar-refractivity contribution in [2.45, 2.75) is 54.1 Å². The lowest BCUT2D eigenvalue weighted by atomic mass is 10.1. The van der Waals surface area contributed by atoms with Gasteiger partial charge < -0.3 is 9.88 Å². The molecule has 102 valence electrons. The van der Waals surface area contributed by atoms with E-state index in [1.165, 1.54) is 0 Å². The third kappa shape index (κ3) is 3.70. The van der Waals surface area contributed by atoms with Gasteiger partial charge in [0.25, 0.3) is 5.56 Å². The van der Waals surface area contributed by atoms with E-state index in [2.05, 4.69) is 32.2 Å². The van der Waals surface area contributed by atoms with E-state index in [9.17, 15) is 4.79 Å². The van der Waals surface area contributed by atoms with Crippen molar-refractivity contribution >= 4 is 0 Å². The molecule has 1 heterocycles. The predicted molar refractivity (Wildman–Crippen MR) is 77.0 cm³/mol. The maximum absolute atomic E-state index is 12.5. The molecule has 0 amide bonds. The maximum atomic E-state index is 12.5. The highest BCUT2D eigenvalue weighted by Crippen LogP contribution is 2.09. The molecular formula is C15H26N2O. The molecule has 0 aromatic carbocycles. The molecule has 1 aromatic heterocycles. The van der Waals surface area contributed by atoms with E-state index >= 15 is 0 Å². The average molecular weight is 250 g/mol. The lowest BCUT2D eigenvalue weighted by molar-refractivity contribution is 0.498. The van der Waals surface area contributed by atoms with Gasteiger partial charge in [0.15, 0.2) is 0 Å². The van der Waals surface area contributed by atoms with Crippen LogP contribution in [0.2, 0.25) is 0 Å². The van der Waals surface area contributed by atoms with Crippen LogP contribution in [0.15, 0.2) is 10.9 Å². The Morgan fingerprint density at radius 3 is 2.56 bits per heavy atom. The SMILES string of the molecule is CCNCc1c(C)cc(C)n(CCC(C)C)c1=O. The van der Waals surface area contributed by atoms with Crippen LogP contribution < -0.4 is 10.9 Å². The quantitative estimate of drug-likeness (QED) is 0.842. The molecule has 0 unspecified atom stereocenters. The van der Waals surface area contributed by atoms with Crippen LogP contribution in [0.4, 0.5) is 0 Å². The van der Waals surface area contributed by atoms with E-state index in [4.69, 9.17) is 0 Å². The zero-order valence-corrected chi connectivity index (χ0v) is 12.3. The first-order valence-electron chi connectivity index (χ1n) is 6.88. The average Bonchev–Trinajstić information content (AvgIpc) is 2.27. The molecule has 0 bridgehead atoms. The highest BCUT2D eigenvalue weighted by molar-refractivity contribution is 5.26. The van der Waals surface area contributed by atoms with E-state index < -0.39 is 0 Å². The number of pyridine rings is 1. The number of rotatable bonds is 6. The van der Waals surface area contributed by atoms with Gasteiger partial charge in [-0.05, 0) is 44.4 Å². The Bertz CT molecular complexity index is 447. The first-order valence-corrected chi connectivity index (χ1v) is 6.88. The van der Waals surface area contributed by atoms with Gasteiger partial charge >= 0.3 is 0 Å². The smallest absolute Gasteiger partial charge is 0.255 e. The van der Waals surface area contributed by atoms with Crippen molar-refractivity contribution in [3.05, 3.63) is 33.2 Å². The Kier molecular flexibility index (Phi) is 5.60. The largest absolute Gasteiger partial charge is 0.313 e. The molecule has 1 N–H and O–H groups in total. The molecule has 1 rings (SSSR count). The van der Waals surface area contributed by atoms with Crippen LogP contribution in [0.25, 0.3) is 0 Å². The van der Waals surface area contributed by atoms with Gasteiger partial charge in [0.2, 0.25) is 0 Å². The summed E-state index contributed by atoms with van der Waals surface area (Å²) in [6, 6.07) is 2.12. The van der Waals surface area contributed by atoms with Gasteiger partial charge in [-0.1, -0.05) is 20.8 Å². The molecular weight excluding hydrogens is 224 g/mol. The van der Waals surface area contributed by atoms with Crippen molar-refractivity contribution in [2.75, 3.05) is 6.54 Å². The molecule has 0 aliphatic carbocycles.